The summed E-state index contributed by atoms with van der Waals surface area (Å²) in [5.74, 6) is -0.915. The van der Waals surface area contributed by atoms with Crippen LogP contribution in [0, 0.1) is 17.6 Å². The van der Waals surface area contributed by atoms with Gasteiger partial charge in [0.05, 0.1) is 5.69 Å². The Hall–Kier alpha value is -2.18. The van der Waals surface area contributed by atoms with Crippen molar-refractivity contribution in [3.8, 4) is 11.1 Å². The van der Waals surface area contributed by atoms with Gasteiger partial charge in [0.25, 0.3) is 0 Å². The van der Waals surface area contributed by atoms with Gasteiger partial charge in [0.1, 0.15) is 11.6 Å². The molecule has 26 heavy (non-hydrogen) atoms. The molecule has 1 atom stereocenters. The highest BCUT2D eigenvalue weighted by atomic mass is 35.5. The first-order valence-electron chi connectivity index (χ1n) is 8.28. The van der Waals surface area contributed by atoms with E-state index in [-0.39, 0.29) is 10.9 Å². The van der Waals surface area contributed by atoms with E-state index >= 15 is 0 Å². The van der Waals surface area contributed by atoms with Crippen molar-refractivity contribution in [1.29, 1.82) is 0 Å². The number of carboxylic acid groups (broad SMARTS) is 1. The van der Waals surface area contributed by atoms with Gasteiger partial charge in [-0.1, -0.05) is 11.6 Å². The minimum atomic E-state index is -1.13. The van der Waals surface area contributed by atoms with Gasteiger partial charge in [-0.15, -0.1) is 0 Å². The van der Waals surface area contributed by atoms with Crippen molar-refractivity contribution in [2.75, 3.05) is 31.6 Å². The largest absolute Gasteiger partial charge is 0.465 e. The zero-order valence-corrected chi connectivity index (χ0v) is 15.0. The third-order valence-electron chi connectivity index (χ3n) is 4.58. The summed E-state index contributed by atoms with van der Waals surface area (Å²) in [5.41, 5.74) is 0.939. The van der Waals surface area contributed by atoms with E-state index in [4.69, 9.17) is 11.6 Å². The third kappa shape index (κ3) is 4.14. The summed E-state index contributed by atoms with van der Waals surface area (Å²) in [5, 5.41) is 9.88. The molecular weight excluding hydrogens is 362 g/mol. The number of hydrogen-bond donors (Lipinski definition) is 1. The third-order valence-corrected chi connectivity index (χ3v) is 4.80. The van der Waals surface area contributed by atoms with Gasteiger partial charge in [-0.3, -0.25) is 4.90 Å². The minimum Gasteiger partial charge on any atom is -0.465 e. The maximum Gasteiger partial charge on any atom is 0.411 e. The fraction of sp³-hybridized carbons (Fsp3) is 0.316. The van der Waals surface area contributed by atoms with Gasteiger partial charge in [0.15, 0.2) is 0 Å². The molecule has 138 valence electrons. The van der Waals surface area contributed by atoms with Gasteiger partial charge in [0.2, 0.25) is 0 Å². The molecule has 1 amide bonds. The molecule has 0 spiro atoms. The molecule has 0 aliphatic carbocycles. The fourth-order valence-corrected chi connectivity index (χ4v) is 3.62. The van der Waals surface area contributed by atoms with Crippen LogP contribution in [0.2, 0.25) is 5.02 Å². The molecule has 1 aliphatic heterocycles. The Labute approximate surface area is 155 Å². The summed E-state index contributed by atoms with van der Waals surface area (Å²) in [7, 11) is 1.99. The fourth-order valence-electron chi connectivity index (χ4n) is 3.40. The van der Waals surface area contributed by atoms with Crippen LogP contribution in [0.5, 0.6) is 0 Å². The topological polar surface area (TPSA) is 43.8 Å². The van der Waals surface area contributed by atoms with E-state index < -0.39 is 17.7 Å². The Bertz CT molecular complexity index is 811. The van der Waals surface area contributed by atoms with E-state index in [1.807, 2.05) is 7.05 Å². The smallest absolute Gasteiger partial charge is 0.411 e. The Kier molecular flexibility index (Phi) is 5.44. The first-order chi connectivity index (χ1) is 12.3. The van der Waals surface area contributed by atoms with Gasteiger partial charge in [0, 0.05) is 23.7 Å². The lowest BCUT2D eigenvalue weighted by Crippen LogP contribution is -2.35. The zero-order valence-electron chi connectivity index (χ0n) is 14.3. The van der Waals surface area contributed by atoms with Gasteiger partial charge >= 0.3 is 6.09 Å². The maximum absolute atomic E-state index is 13.9. The van der Waals surface area contributed by atoms with Gasteiger partial charge < -0.3 is 10.0 Å². The molecule has 1 heterocycles. The molecule has 1 N–H and O–H groups in total. The van der Waals surface area contributed by atoms with E-state index in [2.05, 4.69) is 4.90 Å². The molecule has 7 heteroatoms. The summed E-state index contributed by atoms with van der Waals surface area (Å²) < 4.78 is 27.6. The van der Waals surface area contributed by atoms with E-state index in [1.165, 1.54) is 35.2 Å². The number of halogens is 3. The predicted octanol–water partition coefficient (Wildman–Crippen LogP) is 4.72. The molecule has 2 aromatic carbocycles. The number of nitrogens with zero attached hydrogens (tertiary/aromatic N) is 2. The first kappa shape index (κ1) is 18.6. The molecule has 0 aromatic heterocycles. The lowest BCUT2D eigenvalue weighted by molar-refractivity contribution is 0.200. The monoisotopic (exact) mass is 380 g/mol. The lowest BCUT2D eigenvalue weighted by atomic mass is 10.0. The highest BCUT2D eigenvalue weighted by molar-refractivity contribution is 6.30. The average Bonchev–Trinajstić information content (AvgIpc) is 2.97. The number of benzene rings is 2. The molecule has 3 rings (SSSR count). The normalized spacial score (nSPS) is 17.5. The van der Waals surface area contributed by atoms with Crippen molar-refractivity contribution in [1.82, 2.24) is 4.90 Å². The molecule has 2 aromatic rings. The van der Waals surface area contributed by atoms with Crippen molar-refractivity contribution in [3.63, 3.8) is 0 Å². The SMILES string of the molecule is CN1CCC(CN(C(=O)O)c2ccc(F)cc2-c2cc(F)cc(Cl)c2)C1. The summed E-state index contributed by atoms with van der Waals surface area (Å²) in [4.78, 5) is 15.2. The van der Waals surface area contributed by atoms with Crippen LogP contribution in [0.25, 0.3) is 11.1 Å². The predicted molar refractivity (Wildman–Crippen MR) is 97.8 cm³/mol. The van der Waals surface area contributed by atoms with E-state index in [1.54, 1.807) is 0 Å². The molecule has 1 aliphatic rings. The Balaban J connectivity index is 2.03. The molecule has 4 nitrogen and oxygen atoms in total. The Morgan fingerprint density at radius 2 is 2.04 bits per heavy atom. The second-order valence-corrected chi connectivity index (χ2v) is 7.07. The van der Waals surface area contributed by atoms with Crippen molar-refractivity contribution < 1.29 is 18.7 Å². The van der Waals surface area contributed by atoms with Crippen molar-refractivity contribution in [2.24, 2.45) is 5.92 Å². The molecule has 0 saturated carbocycles. The number of rotatable bonds is 4. The quantitative estimate of drug-likeness (QED) is 0.834. The molecular formula is C19H19ClF2N2O2. The summed E-state index contributed by atoms with van der Waals surface area (Å²) in [6.45, 7) is 2.00. The number of likely N-dealkylation sites (tertiary alicyclic amines) is 1. The van der Waals surface area contributed by atoms with Crippen LogP contribution >= 0.6 is 11.6 Å². The number of anilines is 1. The number of amides is 1. The van der Waals surface area contributed by atoms with Gasteiger partial charge in [-0.05, 0) is 67.9 Å². The van der Waals surface area contributed by atoms with Crippen LogP contribution in [-0.2, 0) is 0 Å². The summed E-state index contributed by atoms with van der Waals surface area (Å²) in [6, 6.07) is 7.68. The summed E-state index contributed by atoms with van der Waals surface area (Å²) in [6.07, 6.45) is -0.238. The van der Waals surface area contributed by atoms with Crippen LogP contribution in [0.1, 0.15) is 6.42 Å². The summed E-state index contributed by atoms with van der Waals surface area (Å²) >= 11 is 5.92. The maximum atomic E-state index is 13.9. The Morgan fingerprint density at radius 3 is 2.65 bits per heavy atom. The van der Waals surface area contributed by atoms with Crippen LogP contribution in [0.3, 0.4) is 0 Å². The average molecular weight is 381 g/mol. The van der Waals surface area contributed by atoms with E-state index in [0.717, 1.165) is 25.6 Å². The second kappa shape index (κ2) is 7.60. The highest BCUT2D eigenvalue weighted by Gasteiger charge is 2.27. The van der Waals surface area contributed by atoms with Crippen LogP contribution in [-0.4, -0.2) is 42.8 Å². The molecule has 1 unspecified atom stereocenters. The first-order valence-corrected chi connectivity index (χ1v) is 8.66. The lowest BCUT2D eigenvalue weighted by Gasteiger charge is -2.25. The van der Waals surface area contributed by atoms with Gasteiger partial charge in [-0.2, -0.15) is 0 Å². The second-order valence-electron chi connectivity index (χ2n) is 6.63. The van der Waals surface area contributed by atoms with Crippen molar-refractivity contribution >= 4 is 23.4 Å². The molecule has 1 saturated heterocycles. The minimum absolute atomic E-state index is 0.162. The molecule has 0 radical (unpaired) electrons. The highest BCUT2D eigenvalue weighted by Crippen LogP contribution is 2.34. The van der Waals surface area contributed by atoms with E-state index in [0.29, 0.717) is 23.4 Å². The standard InChI is InChI=1S/C19H19ClF2N2O2/c1-23-5-4-12(10-23)11-24(19(25)26)18-3-2-15(21)9-17(18)13-6-14(20)8-16(22)7-13/h2-3,6-9,12H,4-5,10-11H2,1H3,(H,25,26). The van der Waals surface area contributed by atoms with E-state index in [9.17, 15) is 18.7 Å². The zero-order chi connectivity index (χ0) is 18.8. The van der Waals surface area contributed by atoms with Crippen molar-refractivity contribution in [3.05, 3.63) is 53.1 Å². The molecule has 1 fully saturated rings. The van der Waals surface area contributed by atoms with Crippen LogP contribution < -0.4 is 4.90 Å². The van der Waals surface area contributed by atoms with Crippen LogP contribution in [0.4, 0.5) is 19.3 Å². The number of carbonyl (C=O) groups is 1. The number of hydrogen-bond acceptors (Lipinski definition) is 2. The van der Waals surface area contributed by atoms with Crippen molar-refractivity contribution in [2.45, 2.75) is 6.42 Å². The van der Waals surface area contributed by atoms with Gasteiger partial charge in [-0.25, -0.2) is 13.6 Å². The van der Waals surface area contributed by atoms with Crippen LogP contribution in [0.15, 0.2) is 36.4 Å². The Morgan fingerprint density at radius 1 is 1.27 bits per heavy atom. The molecule has 0 bridgehead atoms.